The lowest BCUT2D eigenvalue weighted by atomic mass is 10.2. The smallest absolute Gasteiger partial charge is 0.193 e. The summed E-state index contributed by atoms with van der Waals surface area (Å²) in [6.07, 6.45) is 1.86. The van der Waals surface area contributed by atoms with Crippen LogP contribution in [-0.4, -0.2) is 55.2 Å². The number of aliphatic imine (C=N–C) groups is 1. The van der Waals surface area contributed by atoms with Gasteiger partial charge >= 0.3 is 0 Å². The summed E-state index contributed by atoms with van der Waals surface area (Å²) in [7, 11) is 5.38. The van der Waals surface area contributed by atoms with E-state index in [1.54, 1.807) is 14.2 Å². The molecule has 1 aromatic heterocycles. The summed E-state index contributed by atoms with van der Waals surface area (Å²) >= 11 is 0. The van der Waals surface area contributed by atoms with E-state index in [9.17, 15) is 0 Å². The highest BCUT2D eigenvalue weighted by molar-refractivity contribution is 5.79. The third-order valence-electron chi connectivity index (χ3n) is 4.37. The number of methoxy groups -OCH3 is 1. The Balaban J connectivity index is 1.48. The molecule has 7 nitrogen and oxygen atoms in total. The minimum absolute atomic E-state index is 0.513. The number of ether oxygens (including phenoxy) is 2. The molecule has 0 aliphatic carbocycles. The fourth-order valence-corrected chi connectivity index (χ4v) is 2.91. The Morgan fingerprint density at radius 3 is 2.69 bits per heavy atom. The first-order valence-electron chi connectivity index (χ1n) is 9.47. The molecule has 0 radical (unpaired) electrons. The molecule has 2 aromatic carbocycles. The molecule has 0 saturated heterocycles. The number of nitrogens with zero attached hydrogens (tertiary/aromatic N) is 3. The number of hydrogen-bond donors (Lipinski definition) is 2. The fraction of sp³-hybridized carbons (Fsp3) is 0.273. The average Bonchev–Trinajstić information content (AvgIpc) is 3.23. The molecule has 152 valence electrons. The van der Waals surface area contributed by atoms with Gasteiger partial charge in [0.25, 0.3) is 0 Å². The summed E-state index contributed by atoms with van der Waals surface area (Å²) in [5.41, 5.74) is 2.12. The van der Waals surface area contributed by atoms with Crippen molar-refractivity contribution in [2.45, 2.75) is 6.54 Å². The number of benzene rings is 2. The Bertz CT molecular complexity index is 924. The van der Waals surface area contributed by atoms with Crippen molar-refractivity contribution in [2.24, 2.45) is 4.99 Å². The van der Waals surface area contributed by atoms with Gasteiger partial charge in [-0.3, -0.25) is 4.99 Å². The van der Waals surface area contributed by atoms with E-state index in [-0.39, 0.29) is 0 Å². The minimum atomic E-state index is 0.513. The van der Waals surface area contributed by atoms with E-state index in [1.165, 1.54) is 0 Å². The summed E-state index contributed by atoms with van der Waals surface area (Å²) in [4.78, 5) is 14.2. The molecule has 29 heavy (non-hydrogen) atoms. The summed E-state index contributed by atoms with van der Waals surface area (Å²) < 4.78 is 11.0. The van der Waals surface area contributed by atoms with Crippen LogP contribution in [0.2, 0.25) is 0 Å². The van der Waals surface area contributed by atoms with E-state index in [0.717, 1.165) is 34.5 Å². The predicted octanol–water partition coefficient (Wildman–Crippen LogP) is 3.17. The van der Waals surface area contributed by atoms with Gasteiger partial charge in [0.2, 0.25) is 0 Å². The zero-order chi connectivity index (χ0) is 20.5. The summed E-state index contributed by atoms with van der Waals surface area (Å²) in [6, 6.07) is 17.7. The maximum absolute atomic E-state index is 5.76. The van der Waals surface area contributed by atoms with E-state index in [4.69, 9.17) is 9.47 Å². The molecule has 0 spiro atoms. The molecule has 0 saturated carbocycles. The van der Waals surface area contributed by atoms with Gasteiger partial charge in [0.1, 0.15) is 23.9 Å². The monoisotopic (exact) mass is 393 g/mol. The van der Waals surface area contributed by atoms with Crippen molar-refractivity contribution in [3.05, 3.63) is 66.6 Å². The van der Waals surface area contributed by atoms with Crippen molar-refractivity contribution >= 4 is 5.96 Å². The lowest BCUT2D eigenvalue weighted by Crippen LogP contribution is -2.40. The van der Waals surface area contributed by atoms with E-state index < -0.39 is 0 Å². The maximum Gasteiger partial charge on any atom is 0.193 e. The molecule has 0 unspecified atom stereocenters. The van der Waals surface area contributed by atoms with Gasteiger partial charge in [-0.2, -0.15) is 0 Å². The van der Waals surface area contributed by atoms with Gasteiger partial charge in [-0.05, 0) is 17.7 Å². The Morgan fingerprint density at radius 1 is 1.14 bits per heavy atom. The fourth-order valence-electron chi connectivity index (χ4n) is 2.91. The van der Waals surface area contributed by atoms with Crippen molar-refractivity contribution in [3.8, 4) is 22.8 Å². The van der Waals surface area contributed by atoms with E-state index >= 15 is 0 Å². The van der Waals surface area contributed by atoms with Crippen LogP contribution in [0.15, 0.2) is 65.8 Å². The minimum Gasteiger partial charge on any atom is -0.497 e. The quantitative estimate of drug-likeness (QED) is 0.349. The largest absolute Gasteiger partial charge is 0.497 e. The van der Waals surface area contributed by atoms with Gasteiger partial charge in [0.05, 0.1) is 32.1 Å². The number of imidazole rings is 1. The first-order valence-corrected chi connectivity index (χ1v) is 9.47. The van der Waals surface area contributed by atoms with Crippen LogP contribution in [0.3, 0.4) is 0 Å². The van der Waals surface area contributed by atoms with Crippen LogP contribution in [0.25, 0.3) is 11.3 Å². The lowest BCUT2D eigenvalue weighted by Gasteiger charge is -2.21. The van der Waals surface area contributed by atoms with Crippen LogP contribution in [0, 0.1) is 0 Å². The van der Waals surface area contributed by atoms with Gasteiger partial charge in [0.15, 0.2) is 5.96 Å². The van der Waals surface area contributed by atoms with E-state index in [1.807, 2.05) is 60.6 Å². The standard InChI is InChI=1S/C22H27N5O2/c1-23-22(24-12-13-29-19-11-7-10-18(14-19)28-3)27(2)16-21-25-15-20(26-21)17-8-5-4-6-9-17/h4-11,14-15H,12-13,16H2,1-3H3,(H,23,24)(H,25,26). The summed E-state index contributed by atoms with van der Waals surface area (Å²) in [5, 5.41) is 3.30. The van der Waals surface area contributed by atoms with E-state index in [2.05, 4.69) is 32.4 Å². The Kier molecular flexibility index (Phi) is 7.10. The summed E-state index contributed by atoms with van der Waals surface area (Å²) in [5.74, 6) is 3.21. The van der Waals surface area contributed by atoms with Gasteiger partial charge in [-0.1, -0.05) is 36.4 Å². The number of rotatable bonds is 8. The van der Waals surface area contributed by atoms with Crippen LogP contribution in [-0.2, 0) is 6.54 Å². The van der Waals surface area contributed by atoms with Crippen LogP contribution in [0.5, 0.6) is 11.5 Å². The normalized spacial score (nSPS) is 11.2. The van der Waals surface area contributed by atoms with Crippen LogP contribution in [0.1, 0.15) is 5.82 Å². The van der Waals surface area contributed by atoms with Crippen LogP contribution < -0.4 is 14.8 Å². The molecule has 0 atom stereocenters. The predicted molar refractivity (Wildman–Crippen MR) is 115 cm³/mol. The molecule has 0 fully saturated rings. The molecule has 0 bridgehead atoms. The highest BCUT2D eigenvalue weighted by Crippen LogP contribution is 2.18. The zero-order valence-electron chi connectivity index (χ0n) is 17.1. The lowest BCUT2D eigenvalue weighted by molar-refractivity contribution is 0.316. The average molecular weight is 393 g/mol. The summed E-state index contributed by atoms with van der Waals surface area (Å²) in [6.45, 7) is 1.75. The molecule has 2 N–H and O–H groups in total. The first kappa shape index (κ1) is 20.3. The topological polar surface area (TPSA) is 74.8 Å². The number of nitrogens with one attached hydrogen (secondary N) is 2. The Hall–Kier alpha value is -3.48. The molecule has 7 heteroatoms. The SMILES string of the molecule is CN=C(NCCOc1cccc(OC)c1)N(C)Cc1ncc(-c2ccccc2)[nH]1. The maximum atomic E-state index is 5.76. The van der Waals surface area contributed by atoms with Crippen molar-refractivity contribution in [3.63, 3.8) is 0 Å². The Morgan fingerprint density at radius 2 is 1.93 bits per heavy atom. The van der Waals surface area contributed by atoms with Gasteiger partial charge in [-0.25, -0.2) is 4.98 Å². The third-order valence-corrected chi connectivity index (χ3v) is 4.37. The second-order valence-electron chi connectivity index (χ2n) is 6.47. The first-order chi connectivity index (χ1) is 14.2. The molecule has 3 aromatic rings. The van der Waals surface area contributed by atoms with Gasteiger partial charge < -0.3 is 24.7 Å². The molecule has 0 aliphatic heterocycles. The Labute approximate surface area is 171 Å². The van der Waals surface area contributed by atoms with Crippen LogP contribution in [0.4, 0.5) is 0 Å². The molecule has 0 amide bonds. The van der Waals surface area contributed by atoms with Gasteiger partial charge in [-0.15, -0.1) is 0 Å². The van der Waals surface area contributed by atoms with Crippen molar-refractivity contribution in [1.29, 1.82) is 0 Å². The number of hydrogen-bond acceptors (Lipinski definition) is 4. The molecule has 3 rings (SSSR count). The molecular weight excluding hydrogens is 366 g/mol. The molecule has 1 heterocycles. The van der Waals surface area contributed by atoms with E-state index in [0.29, 0.717) is 19.7 Å². The third kappa shape index (κ3) is 5.75. The second-order valence-corrected chi connectivity index (χ2v) is 6.47. The van der Waals surface area contributed by atoms with Crippen molar-refractivity contribution in [2.75, 3.05) is 34.4 Å². The second kappa shape index (κ2) is 10.2. The van der Waals surface area contributed by atoms with Crippen LogP contribution >= 0.6 is 0 Å². The van der Waals surface area contributed by atoms with Crippen molar-refractivity contribution < 1.29 is 9.47 Å². The highest BCUT2D eigenvalue weighted by Gasteiger charge is 2.10. The van der Waals surface area contributed by atoms with Gasteiger partial charge in [0, 0.05) is 20.2 Å². The van der Waals surface area contributed by atoms with Crippen molar-refractivity contribution in [1.82, 2.24) is 20.2 Å². The number of guanidine groups is 1. The molecular formula is C22H27N5O2. The number of H-pyrrole nitrogens is 1. The number of aromatic nitrogens is 2. The number of aromatic amines is 1. The highest BCUT2D eigenvalue weighted by atomic mass is 16.5. The molecule has 0 aliphatic rings. The zero-order valence-corrected chi connectivity index (χ0v) is 17.1.